The van der Waals surface area contributed by atoms with Gasteiger partial charge in [-0.3, -0.25) is 9.69 Å². The topological polar surface area (TPSA) is 100 Å². The maximum Gasteiger partial charge on any atom is 0.223 e. The van der Waals surface area contributed by atoms with Crippen molar-refractivity contribution in [2.24, 2.45) is 5.92 Å². The summed E-state index contributed by atoms with van der Waals surface area (Å²) in [7, 11) is -3.24. The first-order valence-corrected chi connectivity index (χ1v) is 16.9. The highest BCUT2D eigenvalue weighted by Crippen LogP contribution is 2.42. The van der Waals surface area contributed by atoms with E-state index in [9.17, 15) is 17.6 Å². The fraction of sp³-hybridized carbons (Fsp3) is 0.741. The lowest BCUT2D eigenvalue weighted by Crippen LogP contribution is -2.46. The molecule has 9 nitrogen and oxygen atoms in total. The van der Waals surface area contributed by atoms with Crippen LogP contribution < -0.4 is 5.32 Å². The second-order valence-electron chi connectivity index (χ2n) is 11.8. The summed E-state index contributed by atoms with van der Waals surface area (Å²) >= 11 is 1.09. The number of amides is 1. The number of hydrogen-bond donors (Lipinski definition) is 1. The number of fused-ring (bicyclic) bond motifs is 2. The van der Waals surface area contributed by atoms with E-state index in [1.807, 2.05) is 6.92 Å². The number of carbonyl (C=O) groups excluding carboxylic acids is 1. The first kappa shape index (κ1) is 28.6. The van der Waals surface area contributed by atoms with Crippen LogP contribution in [0, 0.1) is 18.0 Å². The average Bonchev–Trinajstić information content (AvgIpc) is 3.56. The molecule has 0 saturated carbocycles. The molecule has 5 rings (SSSR count). The molecule has 2 aromatic rings. The first-order chi connectivity index (χ1) is 18.5. The van der Waals surface area contributed by atoms with Gasteiger partial charge in [0.25, 0.3) is 0 Å². The molecule has 1 unspecified atom stereocenters. The van der Waals surface area contributed by atoms with Crippen LogP contribution in [0.2, 0.25) is 0 Å². The van der Waals surface area contributed by atoms with Gasteiger partial charge in [-0.2, -0.15) is 4.39 Å². The van der Waals surface area contributed by atoms with Crippen LogP contribution in [0.25, 0.3) is 0 Å². The molecule has 39 heavy (non-hydrogen) atoms. The minimum atomic E-state index is -3.24. The molecule has 0 aliphatic carbocycles. The van der Waals surface area contributed by atoms with E-state index in [4.69, 9.17) is 0 Å². The number of nitrogens with one attached hydrogen (secondary N) is 1. The van der Waals surface area contributed by atoms with E-state index < -0.39 is 10.0 Å². The summed E-state index contributed by atoms with van der Waals surface area (Å²) in [5, 5.41) is 11.8. The normalized spacial score (nSPS) is 25.8. The van der Waals surface area contributed by atoms with Gasteiger partial charge in [0, 0.05) is 54.5 Å². The molecule has 3 saturated heterocycles. The SMILES string of the molecule is Cc1nnc(C(C)C)n1C1C[C@H]2CC[C@@H](C1)N2CC[C@H](NC(=O)C1CCN(S(C)(=O)=O)CC1)c1ccc(F)s1. The summed E-state index contributed by atoms with van der Waals surface area (Å²) in [5.41, 5.74) is 0. The Bertz CT molecular complexity index is 1260. The van der Waals surface area contributed by atoms with Gasteiger partial charge in [-0.15, -0.1) is 21.5 Å². The van der Waals surface area contributed by atoms with Crippen LogP contribution in [0.15, 0.2) is 12.1 Å². The summed E-state index contributed by atoms with van der Waals surface area (Å²) < 4.78 is 41.5. The van der Waals surface area contributed by atoms with E-state index >= 15 is 0 Å². The lowest BCUT2D eigenvalue weighted by atomic mass is 9.95. The molecule has 3 fully saturated rings. The Hall–Kier alpha value is -1.89. The van der Waals surface area contributed by atoms with Gasteiger partial charge < -0.3 is 9.88 Å². The number of aromatic nitrogens is 3. The molecule has 5 heterocycles. The van der Waals surface area contributed by atoms with Crippen LogP contribution in [0.5, 0.6) is 0 Å². The van der Waals surface area contributed by atoms with Gasteiger partial charge in [0.1, 0.15) is 11.6 Å². The first-order valence-electron chi connectivity index (χ1n) is 14.2. The second kappa shape index (κ2) is 11.5. The van der Waals surface area contributed by atoms with Crippen molar-refractivity contribution in [3.63, 3.8) is 0 Å². The second-order valence-corrected chi connectivity index (χ2v) is 14.9. The number of piperidine rings is 2. The molecule has 3 aliphatic heterocycles. The van der Waals surface area contributed by atoms with Gasteiger partial charge >= 0.3 is 0 Å². The summed E-state index contributed by atoms with van der Waals surface area (Å²) in [6, 6.07) is 4.35. The molecule has 4 atom stereocenters. The van der Waals surface area contributed by atoms with Gasteiger partial charge in [0.05, 0.1) is 12.3 Å². The predicted molar refractivity (Wildman–Crippen MR) is 150 cm³/mol. The van der Waals surface area contributed by atoms with Crippen LogP contribution in [-0.4, -0.2) is 76.3 Å². The van der Waals surface area contributed by atoms with Crippen molar-refractivity contribution in [2.45, 2.75) is 95.8 Å². The fourth-order valence-corrected chi connectivity index (χ4v) is 8.56. The van der Waals surface area contributed by atoms with Crippen molar-refractivity contribution in [1.29, 1.82) is 0 Å². The van der Waals surface area contributed by atoms with E-state index in [1.54, 1.807) is 6.07 Å². The van der Waals surface area contributed by atoms with E-state index in [2.05, 4.69) is 38.8 Å². The van der Waals surface area contributed by atoms with Gasteiger partial charge in [-0.05, 0) is 64.0 Å². The lowest BCUT2D eigenvalue weighted by Gasteiger charge is -2.40. The minimum Gasteiger partial charge on any atom is -0.348 e. The Morgan fingerprint density at radius 2 is 1.77 bits per heavy atom. The summed E-state index contributed by atoms with van der Waals surface area (Å²) in [6.07, 6.45) is 7.41. The molecular formula is C27H41FN6O3S2. The molecule has 0 aromatic carbocycles. The molecule has 0 radical (unpaired) electrons. The molecule has 2 bridgehead atoms. The Kier molecular flexibility index (Phi) is 8.47. The fourth-order valence-electron chi connectivity index (χ4n) is 6.87. The smallest absolute Gasteiger partial charge is 0.223 e. The number of halogens is 1. The van der Waals surface area contributed by atoms with Gasteiger partial charge in [0.15, 0.2) is 5.13 Å². The van der Waals surface area contributed by atoms with E-state index in [0.717, 1.165) is 47.2 Å². The Morgan fingerprint density at radius 1 is 1.10 bits per heavy atom. The predicted octanol–water partition coefficient (Wildman–Crippen LogP) is 4.00. The molecule has 1 N–H and O–H groups in total. The summed E-state index contributed by atoms with van der Waals surface area (Å²) in [4.78, 5) is 16.7. The third-order valence-corrected chi connectivity index (χ3v) is 11.1. The summed E-state index contributed by atoms with van der Waals surface area (Å²) in [6.45, 7) is 7.94. The zero-order valence-corrected chi connectivity index (χ0v) is 25.0. The minimum absolute atomic E-state index is 0.0621. The monoisotopic (exact) mass is 580 g/mol. The molecule has 2 aromatic heterocycles. The van der Waals surface area contributed by atoms with E-state index in [-0.39, 0.29) is 23.0 Å². The molecular weight excluding hydrogens is 539 g/mol. The number of aryl methyl sites for hydroxylation is 1. The number of carbonyl (C=O) groups is 1. The van der Waals surface area contributed by atoms with Gasteiger partial charge in [-0.1, -0.05) is 13.8 Å². The van der Waals surface area contributed by atoms with E-state index in [1.165, 1.54) is 29.5 Å². The van der Waals surface area contributed by atoms with Crippen molar-refractivity contribution < 1.29 is 17.6 Å². The third kappa shape index (κ3) is 6.23. The van der Waals surface area contributed by atoms with Crippen LogP contribution in [0.1, 0.15) is 93.3 Å². The Morgan fingerprint density at radius 3 is 2.33 bits per heavy atom. The van der Waals surface area contributed by atoms with Crippen LogP contribution in [0.3, 0.4) is 0 Å². The largest absolute Gasteiger partial charge is 0.348 e. The maximum atomic E-state index is 14.0. The highest BCUT2D eigenvalue weighted by molar-refractivity contribution is 7.88. The molecule has 1 amide bonds. The molecule has 0 spiro atoms. The highest BCUT2D eigenvalue weighted by Gasteiger charge is 2.42. The quantitative estimate of drug-likeness (QED) is 0.481. The zero-order chi connectivity index (χ0) is 27.9. The standard InChI is InChI=1S/C27H41FN6O3S2/c1-17(2)26-31-30-18(3)34(26)22-15-20-5-6-21(16-22)33(20)14-11-23(24-7-8-25(28)38-24)29-27(35)19-9-12-32(13-10-19)39(4,36)37/h7-8,17,19-23H,5-6,9-16H2,1-4H3,(H,29,35)/t20-,21+,22?,23-/m0/s1. The number of rotatable bonds is 9. The van der Waals surface area contributed by atoms with Gasteiger partial charge in [0.2, 0.25) is 15.9 Å². The lowest BCUT2D eigenvalue weighted by molar-refractivity contribution is -0.127. The molecule has 12 heteroatoms. The number of thiophene rings is 1. The third-order valence-electron chi connectivity index (χ3n) is 8.86. The van der Waals surface area contributed by atoms with Gasteiger partial charge in [-0.25, -0.2) is 12.7 Å². The van der Waals surface area contributed by atoms with Crippen molar-refractivity contribution in [1.82, 2.24) is 29.3 Å². The van der Waals surface area contributed by atoms with Crippen molar-refractivity contribution in [3.8, 4) is 0 Å². The number of nitrogens with zero attached hydrogens (tertiary/aromatic N) is 5. The van der Waals surface area contributed by atoms with Crippen molar-refractivity contribution >= 4 is 27.3 Å². The maximum absolute atomic E-state index is 14.0. The van der Waals surface area contributed by atoms with Crippen molar-refractivity contribution in [3.05, 3.63) is 33.8 Å². The summed E-state index contributed by atoms with van der Waals surface area (Å²) in [5.74, 6) is 2.09. The highest BCUT2D eigenvalue weighted by atomic mass is 32.2. The van der Waals surface area contributed by atoms with Crippen LogP contribution in [0.4, 0.5) is 4.39 Å². The van der Waals surface area contributed by atoms with Crippen LogP contribution >= 0.6 is 11.3 Å². The zero-order valence-electron chi connectivity index (χ0n) is 23.3. The average molecular weight is 581 g/mol. The molecule has 216 valence electrons. The number of sulfonamides is 1. The number of hydrogen-bond acceptors (Lipinski definition) is 7. The van der Waals surface area contributed by atoms with Crippen LogP contribution in [-0.2, 0) is 14.8 Å². The molecule has 3 aliphatic rings. The van der Waals surface area contributed by atoms with E-state index in [0.29, 0.717) is 56.4 Å². The van der Waals surface area contributed by atoms with Crippen molar-refractivity contribution in [2.75, 3.05) is 25.9 Å². The Labute approximate surface area is 235 Å². The Balaban J connectivity index is 1.23.